The highest BCUT2D eigenvalue weighted by atomic mass is 16.2. The Labute approximate surface area is 106 Å². The Hall–Kier alpha value is -1.62. The summed E-state index contributed by atoms with van der Waals surface area (Å²) < 4.78 is 0. The number of piperidine rings is 1. The van der Waals surface area contributed by atoms with Crippen LogP contribution in [0.1, 0.15) is 29.4 Å². The van der Waals surface area contributed by atoms with Crippen molar-refractivity contribution in [2.24, 2.45) is 11.7 Å². The number of nitrogens with one attached hydrogen (secondary N) is 1. The number of aryl methyl sites for hydroxylation is 1. The lowest BCUT2D eigenvalue weighted by molar-refractivity contribution is 0.0670. The van der Waals surface area contributed by atoms with E-state index in [4.69, 9.17) is 5.73 Å². The molecule has 1 aromatic heterocycles. The number of amides is 1. The molecule has 2 unspecified atom stereocenters. The summed E-state index contributed by atoms with van der Waals surface area (Å²) in [4.78, 5) is 28.6. The van der Waals surface area contributed by atoms with E-state index in [1.165, 1.54) is 12.3 Å². The van der Waals surface area contributed by atoms with Crippen molar-refractivity contribution in [1.82, 2.24) is 9.88 Å². The maximum Gasteiger partial charge on any atom is 0.259 e. The second kappa shape index (κ2) is 4.94. The topological polar surface area (TPSA) is 79.2 Å². The average molecular weight is 249 g/mol. The van der Waals surface area contributed by atoms with Crippen LogP contribution in [0.4, 0.5) is 0 Å². The van der Waals surface area contributed by atoms with Crippen LogP contribution in [0.2, 0.25) is 0 Å². The van der Waals surface area contributed by atoms with Gasteiger partial charge in [0.15, 0.2) is 5.43 Å². The quantitative estimate of drug-likeness (QED) is 0.760. The lowest BCUT2D eigenvalue weighted by Gasteiger charge is -2.34. The van der Waals surface area contributed by atoms with Crippen LogP contribution in [-0.4, -0.2) is 34.9 Å². The molecule has 0 aliphatic carbocycles. The third kappa shape index (κ3) is 2.46. The predicted molar refractivity (Wildman–Crippen MR) is 69.5 cm³/mol. The van der Waals surface area contributed by atoms with Crippen molar-refractivity contribution in [2.75, 3.05) is 13.1 Å². The van der Waals surface area contributed by atoms with Gasteiger partial charge in [0.05, 0.1) is 0 Å². The second-order valence-electron chi connectivity index (χ2n) is 5.07. The van der Waals surface area contributed by atoms with Gasteiger partial charge in [0.25, 0.3) is 5.91 Å². The number of hydrogen-bond donors (Lipinski definition) is 2. The number of rotatable bonds is 1. The van der Waals surface area contributed by atoms with E-state index in [9.17, 15) is 9.59 Å². The molecule has 3 N–H and O–H groups in total. The fraction of sp³-hybridized carbons (Fsp3) is 0.538. The van der Waals surface area contributed by atoms with Gasteiger partial charge in [0, 0.05) is 37.1 Å². The summed E-state index contributed by atoms with van der Waals surface area (Å²) in [5.74, 6) is 0.198. The highest BCUT2D eigenvalue weighted by molar-refractivity contribution is 5.93. The summed E-state index contributed by atoms with van der Waals surface area (Å²) in [6.07, 6.45) is 2.38. The molecule has 1 aliphatic heterocycles. The molecular formula is C13H19N3O2. The van der Waals surface area contributed by atoms with E-state index in [-0.39, 0.29) is 22.9 Å². The third-order valence-electron chi connectivity index (χ3n) is 3.59. The number of likely N-dealkylation sites (tertiary alicyclic amines) is 1. The summed E-state index contributed by atoms with van der Waals surface area (Å²) in [5, 5.41) is 0. The first kappa shape index (κ1) is 12.8. The van der Waals surface area contributed by atoms with Crippen LogP contribution < -0.4 is 11.2 Å². The number of aromatic amines is 1. The monoisotopic (exact) mass is 249 g/mol. The van der Waals surface area contributed by atoms with Gasteiger partial charge in [-0.3, -0.25) is 9.59 Å². The molecule has 0 spiro atoms. The number of H-pyrrole nitrogens is 1. The molecule has 0 saturated carbocycles. The zero-order chi connectivity index (χ0) is 13.3. The van der Waals surface area contributed by atoms with Gasteiger partial charge in [-0.2, -0.15) is 0 Å². The van der Waals surface area contributed by atoms with E-state index in [1.807, 2.05) is 0 Å². The highest BCUT2D eigenvalue weighted by Gasteiger charge is 2.27. The van der Waals surface area contributed by atoms with Crippen molar-refractivity contribution >= 4 is 5.91 Å². The van der Waals surface area contributed by atoms with Gasteiger partial charge in [-0.25, -0.2) is 0 Å². The number of pyridine rings is 1. The van der Waals surface area contributed by atoms with Crippen molar-refractivity contribution in [3.05, 3.63) is 33.7 Å². The fourth-order valence-electron chi connectivity index (χ4n) is 2.19. The molecule has 1 aliphatic rings. The number of hydrogen-bond acceptors (Lipinski definition) is 3. The maximum absolute atomic E-state index is 12.2. The molecule has 2 heterocycles. The maximum atomic E-state index is 12.2. The van der Waals surface area contributed by atoms with Crippen LogP contribution in [0.15, 0.2) is 17.1 Å². The molecule has 2 atom stereocenters. The molecule has 18 heavy (non-hydrogen) atoms. The summed E-state index contributed by atoms with van der Waals surface area (Å²) in [6, 6.07) is 1.44. The lowest BCUT2D eigenvalue weighted by atomic mass is 9.94. The molecule has 98 valence electrons. The number of nitrogens with two attached hydrogens (primary N) is 1. The molecule has 2 rings (SSSR count). The first-order valence-electron chi connectivity index (χ1n) is 6.23. The molecule has 5 heteroatoms. The molecule has 0 aromatic carbocycles. The normalized spacial score (nSPS) is 24.1. The Bertz CT molecular complexity index is 509. The Morgan fingerprint density at radius 1 is 1.56 bits per heavy atom. The second-order valence-corrected chi connectivity index (χ2v) is 5.07. The molecule has 1 amide bonds. The van der Waals surface area contributed by atoms with Gasteiger partial charge in [-0.15, -0.1) is 0 Å². The van der Waals surface area contributed by atoms with Crippen molar-refractivity contribution in [3.8, 4) is 0 Å². The van der Waals surface area contributed by atoms with Crippen LogP contribution in [0.25, 0.3) is 0 Å². The minimum Gasteiger partial charge on any atom is -0.364 e. The van der Waals surface area contributed by atoms with Gasteiger partial charge >= 0.3 is 0 Å². The predicted octanol–water partition coefficient (Wildman–Crippen LogP) is 0.493. The van der Waals surface area contributed by atoms with Crippen molar-refractivity contribution in [1.29, 1.82) is 0 Å². The minimum absolute atomic E-state index is 0.00719. The first-order valence-corrected chi connectivity index (χ1v) is 6.23. The Kier molecular flexibility index (Phi) is 3.52. The molecule has 1 fully saturated rings. The van der Waals surface area contributed by atoms with E-state index in [1.54, 1.807) is 11.8 Å². The minimum atomic E-state index is -0.233. The fourth-order valence-corrected chi connectivity index (χ4v) is 2.19. The Morgan fingerprint density at radius 3 is 2.89 bits per heavy atom. The average Bonchev–Trinajstić information content (AvgIpc) is 2.32. The molecule has 1 saturated heterocycles. The van der Waals surface area contributed by atoms with Gasteiger partial charge in [0.2, 0.25) is 0 Å². The number of nitrogens with zero attached hydrogens (tertiary/aromatic N) is 1. The van der Waals surface area contributed by atoms with Gasteiger partial charge in [-0.1, -0.05) is 6.92 Å². The van der Waals surface area contributed by atoms with E-state index in [2.05, 4.69) is 11.9 Å². The molecular weight excluding hydrogens is 230 g/mol. The smallest absolute Gasteiger partial charge is 0.259 e. The van der Waals surface area contributed by atoms with Gasteiger partial charge in [0.1, 0.15) is 5.56 Å². The first-order chi connectivity index (χ1) is 8.49. The Morgan fingerprint density at radius 2 is 2.28 bits per heavy atom. The Balaban J connectivity index is 2.19. The van der Waals surface area contributed by atoms with E-state index >= 15 is 0 Å². The lowest BCUT2D eigenvalue weighted by Crippen LogP contribution is -2.50. The van der Waals surface area contributed by atoms with Crippen molar-refractivity contribution < 1.29 is 4.79 Å². The van der Waals surface area contributed by atoms with Crippen LogP contribution in [0.3, 0.4) is 0 Å². The number of carbonyl (C=O) groups excluding carboxylic acids is 1. The summed E-state index contributed by atoms with van der Waals surface area (Å²) in [6.45, 7) is 5.06. The zero-order valence-corrected chi connectivity index (χ0v) is 10.8. The van der Waals surface area contributed by atoms with Crippen LogP contribution in [0.5, 0.6) is 0 Å². The highest BCUT2D eigenvalue weighted by Crippen LogP contribution is 2.16. The molecule has 5 nitrogen and oxygen atoms in total. The van der Waals surface area contributed by atoms with Crippen molar-refractivity contribution in [2.45, 2.75) is 26.3 Å². The number of aromatic nitrogens is 1. The molecule has 1 aromatic rings. The van der Waals surface area contributed by atoms with Gasteiger partial charge in [-0.05, 0) is 19.3 Å². The standard InChI is InChI=1S/C13H19N3O2/c1-8-3-4-16(7-11(8)14)13(18)10-6-15-9(2)5-12(10)17/h5-6,8,11H,3-4,7,14H2,1-2H3,(H,15,17). The van der Waals surface area contributed by atoms with E-state index in [0.29, 0.717) is 19.0 Å². The summed E-state index contributed by atoms with van der Waals surface area (Å²) in [5.41, 5.74) is 6.68. The van der Waals surface area contributed by atoms with Crippen LogP contribution in [-0.2, 0) is 0 Å². The SMILES string of the molecule is Cc1cc(=O)c(C(=O)N2CCC(C)C(N)C2)c[nH]1. The van der Waals surface area contributed by atoms with Crippen LogP contribution in [0, 0.1) is 12.8 Å². The van der Waals surface area contributed by atoms with Crippen molar-refractivity contribution in [3.63, 3.8) is 0 Å². The van der Waals surface area contributed by atoms with E-state index < -0.39 is 0 Å². The summed E-state index contributed by atoms with van der Waals surface area (Å²) >= 11 is 0. The largest absolute Gasteiger partial charge is 0.364 e. The molecule has 0 radical (unpaired) electrons. The summed E-state index contributed by atoms with van der Waals surface area (Å²) in [7, 11) is 0. The number of carbonyl (C=O) groups is 1. The van der Waals surface area contributed by atoms with E-state index in [0.717, 1.165) is 12.1 Å². The molecule has 0 bridgehead atoms. The van der Waals surface area contributed by atoms with Crippen LogP contribution >= 0.6 is 0 Å². The third-order valence-corrected chi connectivity index (χ3v) is 3.59. The zero-order valence-electron chi connectivity index (χ0n) is 10.8. The van der Waals surface area contributed by atoms with Gasteiger partial charge < -0.3 is 15.6 Å².